The second-order valence-corrected chi connectivity index (χ2v) is 1.84. The first-order chi connectivity index (χ1) is 4.79. The van der Waals surface area contributed by atoms with E-state index in [1.54, 1.807) is 4.57 Å². The molecule has 0 radical (unpaired) electrons. The normalized spacial score (nSPS) is 9.60. The number of carboxylic acid groups (broad SMARTS) is 1. The Balaban J connectivity index is 2.35. The molecule has 1 rings (SSSR count). The summed E-state index contributed by atoms with van der Waals surface area (Å²) in [6.07, 6.45) is 3.09. The fourth-order valence-electron chi connectivity index (χ4n) is 0.562. The molecule has 10 heavy (non-hydrogen) atoms. The van der Waals surface area contributed by atoms with Gasteiger partial charge in [0.05, 0.1) is 6.42 Å². The van der Waals surface area contributed by atoms with Crippen molar-refractivity contribution in [2.24, 2.45) is 0 Å². The van der Waals surface area contributed by atoms with Gasteiger partial charge in [0.15, 0.2) is 0 Å². The van der Waals surface area contributed by atoms with Gasteiger partial charge in [0, 0.05) is 6.54 Å². The molecule has 0 amide bonds. The molecule has 0 aliphatic carbocycles. The monoisotopic (exact) mass is 141 g/mol. The number of hydrogen-bond acceptors (Lipinski definition) is 3. The van der Waals surface area contributed by atoms with Gasteiger partial charge < -0.3 is 9.67 Å². The number of rotatable bonds is 3. The zero-order chi connectivity index (χ0) is 7.40. The highest BCUT2D eigenvalue weighted by molar-refractivity contribution is 5.66. The van der Waals surface area contributed by atoms with E-state index in [-0.39, 0.29) is 6.42 Å². The maximum Gasteiger partial charge on any atom is 0.305 e. The Morgan fingerprint density at radius 3 is 2.60 bits per heavy atom. The lowest BCUT2D eigenvalue weighted by Crippen LogP contribution is -2.02. The van der Waals surface area contributed by atoms with Gasteiger partial charge in [0.1, 0.15) is 12.7 Å². The molecule has 54 valence electrons. The lowest BCUT2D eigenvalue weighted by atomic mass is 10.4. The number of aliphatic carboxylic acids is 1. The molecule has 1 heterocycles. The first kappa shape index (κ1) is 6.73. The minimum atomic E-state index is -0.811. The molecule has 1 N–H and O–H groups in total. The third kappa shape index (κ3) is 1.85. The minimum Gasteiger partial charge on any atom is -0.481 e. The van der Waals surface area contributed by atoms with Crippen LogP contribution in [-0.4, -0.2) is 25.8 Å². The van der Waals surface area contributed by atoms with Crippen LogP contribution >= 0.6 is 0 Å². The predicted octanol–water partition coefficient (Wildman–Crippen LogP) is -0.247. The van der Waals surface area contributed by atoms with Gasteiger partial charge >= 0.3 is 5.97 Å². The van der Waals surface area contributed by atoms with Crippen LogP contribution in [-0.2, 0) is 11.3 Å². The van der Waals surface area contributed by atoms with Gasteiger partial charge in [0.25, 0.3) is 0 Å². The van der Waals surface area contributed by atoms with Crippen molar-refractivity contribution < 1.29 is 9.90 Å². The van der Waals surface area contributed by atoms with Crippen molar-refractivity contribution in [3.63, 3.8) is 0 Å². The summed E-state index contributed by atoms with van der Waals surface area (Å²) in [6.45, 7) is 0.433. The largest absolute Gasteiger partial charge is 0.481 e. The van der Waals surface area contributed by atoms with Crippen LogP contribution in [0.1, 0.15) is 6.42 Å². The smallest absolute Gasteiger partial charge is 0.305 e. The molecule has 0 spiro atoms. The van der Waals surface area contributed by atoms with Crippen molar-refractivity contribution >= 4 is 5.97 Å². The van der Waals surface area contributed by atoms with Gasteiger partial charge in [-0.2, -0.15) is 0 Å². The topological polar surface area (TPSA) is 68.0 Å². The van der Waals surface area contributed by atoms with Gasteiger partial charge in [-0.05, 0) is 0 Å². The van der Waals surface area contributed by atoms with Crippen molar-refractivity contribution in [3.05, 3.63) is 12.7 Å². The molecule has 0 aromatic carbocycles. The molecule has 1 aromatic heterocycles. The molecule has 0 atom stereocenters. The highest BCUT2D eigenvalue weighted by atomic mass is 16.4. The summed E-state index contributed by atoms with van der Waals surface area (Å²) in [5.74, 6) is -0.811. The van der Waals surface area contributed by atoms with E-state index in [0.717, 1.165) is 0 Å². The first-order valence-corrected chi connectivity index (χ1v) is 2.83. The van der Waals surface area contributed by atoms with E-state index in [1.165, 1.54) is 12.7 Å². The highest BCUT2D eigenvalue weighted by Crippen LogP contribution is 1.86. The average Bonchev–Trinajstić information content (AvgIpc) is 2.34. The number of hydrogen-bond donors (Lipinski definition) is 1. The zero-order valence-corrected chi connectivity index (χ0v) is 5.27. The van der Waals surface area contributed by atoms with E-state index >= 15 is 0 Å². The van der Waals surface area contributed by atoms with Crippen LogP contribution in [0.5, 0.6) is 0 Å². The maximum absolute atomic E-state index is 10.0. The summed E-state index contributed by atoms with van der Waals surface area (Å²) in [7, 11) is 0. The second kappa shape index (κ2) is 2.95. The Bertz CT molecular complexity index is 207. The van der Waals surface area contributed by atoms with Crippen LogP contribution in [0.2, 0.25) is 0 Å². The Labute approximate surface area is 57.3 Å². The third-order valence-electron chi connectivity index (χ3n) is 1.05. The predicted molar refractivity (Wildman–Crippen MR) is 32.3 cm³/mol. The second-order valence-electron chi connectivity index (χ2n) is 1.84. The number of carboxylic acids is 1. The van der Waals surface area contributed by atoms with E-state index in [1.807, 2.05) is 0 Å². The van der Waals surface area contributed by atoms with Gasteiger partial charge in [-0.25, -0.2) is 0 Å². The molecular formula is C5H7N3O2. The quantitative estimate of drug-likeness (QED) is 0.630. The lowest BCUT2D eigenvalue weighted by molar-refractivity contribution is -0.137. The summed E-state index contributed by atoms with van der Waals surface area (Å²) in [4.78, 5) is 10.0. The van der Waals surface area contributed by atoms with E-state index in [4.69, 9.17) is 5.11 Å². The molecule has 5 nitrogen and oxygen atoms in total. The number of nitrogens with zero attached hydrogens (tertiary/aromatic N) is 3. The van der Waals surface area contributed by atoms with Crippen LogP contribution in [0.3, 0.4) is 0 Å². The average molecular weight is 141 g/mol. The molecule has 0 aliphatic heterocycles. The summed E-state index contributed by atoms with van der Waals surface area (Å²) in [5, 5.41) is 15.3. The molecular weight excluding hydrogens is 134 g/mol. The summed E-state index contributed by atoms with van der Waals surface area (Å²) in [6, 6.07) is 0. The van der Waals surface area contributed by atoms with Crippen LogP contribution in [0.4, 0.5) is 0 Å². The summed E-state index contributed by atoms with van der Waals surface area (Å²) >= 11 is 0. The Morgan fingerprint density at radius 1 is 1.50 bits per heavy atom. The number of aryl methyl sites for hydroxylation is 1. The van der Waals surface area contributed by atoms with Crippen molar-refractivity contribution in [2.75, 3.05) is 0 Å². The van der Waals surface area contributed by atoms with Crippen LogP contribution < -0.4 is 0 Å². The van der Waals surface area contributed by atoms with Crippen molar-refractivity contribution in [3.8, 4) is 0 Å². The summed E-state index contributed by atoms with van der Waals surface area (Å²) < 4.78 is 1.62. The van der Waals surface area contributed by atoms with E-state index in [0.29, 0.717) is 6.54 Å². The molecule has 0 saturated carbocycles. The molecule has 0 saturated heterocycles. The molecule has 0 fully saturated rings. The lowest BCUT2D eigenvalue weighted by Gasteiger charge is -1.94. The van der Waals surface area contributed by atoms with E-state index < -0.39 is 5.97 Å². The first-order valence-electron chi connectivity index (χ1n) is 2.83. The maximum atomic E-state index is 10.0. The zero-order valence-electron chi connectivity index (χ0n) is 5.27. The summed E-state index contributed by atoms with van der Waals surface area (Å²) in [5.41, 5.74) is 0. The van der Waals surface area contributed by atoms with E-state index in [2.05, 4.69) is 10.2 Å². The van der Waals surface area contributed by atoms with Gasteiger partial charge in [-0.15, -0.1) is 10.2 Å². The van der Waals surface area contributed by atoms with Crippen LogP contribution in [0.25, 0.3) is 0 Å². The Kier molecular flexibility index (Phi) is 1.99. The minimum absolute atomic E-state index is 0.109. The number of carbonyl (C=O) groups is 1. The third-order valence-corrected chi connectivity index (χ3v) is 1.05. The van der Waals surface area contributed by atoms with Gasteiger partial charge in [0.2, 0.25) is 0 Å². The van der Waals surface area contributed by atoms with Gasteiger partial charge in [-0.3, -0.25) is 4.79 Å². The number of aromatic nitrogens is 3. The Morgan fingerprint density at radius 2 is 2.10 bits per heavy atom. The molecule has 0 aliphatic rings. The molecule has 5 heteroatoms. The highest BCUT2D eigenvalue weighted by Gasteiger charge is 1.96. The molecule has 0 unspecified atom stereocenters. The fourth-order valence-corrected chi connectivity index (χ4v) is 0.562. The van der Waals surface area contributed by atoms with E-state index in [9.17, 15) is 4.79 Å². The van der Waals surface area contributed by atoms with Crippen molar-refractivity contribution in [1.29, 1.82) is 0 Å². The SMILES string of the molecule is O=C(O)CCn1cnnc1. The molecule has 0 bridgehead atoms. The van der Waals surface area contributed by atoms with Crippen molar-refractivity contribution in [1.82, 2.24) is 14.8 Å². The van der Waals surface area contributed by atoms with Crippen LogP contribution in [0, 0.1) is 0 Å². The Hall–Kier alpha value is -1.39. The van der Waals surface area contributed by atoms with Crippen molar-refractivity contribution in [2.45, 2.75) is 13.0 Å². The van der Waals surface area contributed by atoms with Crippen LogP contribution in [0.15, 0.2) is 12.7 Å². The standard InChI is InChI=1S/C5H7N3O2/c9-5(10)1-2-8-3-6-7-4-8/h3-4H,1-2H2,(H,9,10). The molecule has 1 aromatic rings. The fraction of sp³-hybridized carbons (Fsp3) is 0.400. The van der Waals surface area contributed by atoms with Gasteiger partial charge in [-0.1, -0.05) is 0 Å².